The molecule has 2 aromatic heterocycles. The second-order valence-electron chi connectivity index (χ2n) is 6.58. The standard InChI is InChI=1S/C19H23N7O2S/c1-26(2)16(27)6-4-5-15-25-17-18(22-10-23-19(17)29-15)24-13-7-11(9-20)12(21)8-14(13)28-3/h7-10,20H,4-6,21H2,1-3H3,(H,22,23,24). The lowest BCUT2D eigenvalue weighted by molar-refractivity contribution is -0.128. The van der Waals surface area contributed by atoms with Crippen molar-refractivity contribution >= 4 is 51.0 Å². The zero-order valence-electron chi connectivity index (χ0n) is 16.5. The molecule has 0 radical (unpaired) electrons. The number of anilines is 3. The number of carbonyl (C=O) groups is 1. The fraction of sp³-hybridized carbons (Fsp3) is 0.316. The Morgan fingerprint density at radius 2 is 2.17 bits per heavy atom. The molecule has 0 unspecified atom stereocenters. The minimum Gasteiger partial charge on any atom is -0.494 e. The van der Waals surface area contributed by atoms with Crippen molar-refractivity contribution in [3.05, 3.63) is 29.0 Å². The molecule has 4 N–H and O–H groups in total. The molecule has 3 aromatic rings. The van der Waals surface area contributed by atoms with Crippen LogP contribution < -0.4 is 15.8 Å². The third kappa shape index (κ3) is 4.60. The second-order valence-corrected chi connectivity index (χ2v) is 7.64. The number of aryl methyl sites for hydroxylation is 1. The van der Waals surface area contributed by atoms with E-state index in [1.807, 2.05) is 0 Å². The third-order valence-corrected chi connectivity index (χ3v) is 5.36. The van der Waals surface area contributed by atoms with Crippen molar-refractivity contribution < 1.29 is 9.53 Å². The van der Waals surface area contributed by atoms with Crippen molar-refractivity contribution in [1.82, 2.24) is 19.9 Å². The predicted octanol–water partition coefficient (Wildman–Crippen LogP) is 2.83. The van der Waals surface area contributed by atoms with Gasteiger partial charge in [-0.05, 0) is 18.9 Å². The molecule has 0 saturated heterocycles. The van der Waals surface area contributed by atoms with Gasteiger partial charge in [0.1, 0.15) is 22.4 Å². The van der Waals surface area contributed by atoms with Crippen molar-refractivity contribution in [3.8, 4) is 5.75 Å². The van der Waals surface area contributed by atoms with Gasteiger partial charge in [-0.25, -0.2) is 15.0 Å². The van der Waals surface area contributed by atoms with Crippen LogP contribution in [-0.2, 0) is 11.2 Å². The molecule has 0 spiro atoms. The van der Waals surface area contributed by atoms with Crippen LogP contribution in [0.25, 0.3) is 10.3 Å². The van der Waals surface area contributed by atoms with Crippen LogP contribution in [0.3, 0.4) is 0 Å². The first-order valence-corrected chi connectivity index (χ1v) is 9.80. The highest BCUT2D eigenvalue weighted by Gasteiger charge is 2.14. The SMILES string of the molecule is COc1cc(N)c(C=N)cc1Nc1ncnc2sc(CCCC(=O)N(C)C)nc12. The van der Waals surface area contributed by atoms with Gasteiger partial charge in [-0.2, -0.15) is 0 Å². The predicted molar refractivity (Wildman–Crippen MR) is 115 cm³/mol. The van der Waals surface area contributed by atoms with Gasteiger partial charge in [-0.15, -0.1) is 0 Å². The molecule has 2 heterocycles. The molecule has 1 aromatic carbocycles. The summed E-state index contributed by atoms with van der Waals surface area (Å²) in [5, 5.41) is 11.6. The maximum atomic E-state index is 11.7. The Labute approximate surface area is 172 Å². The first-order chi connectivity index (χ1) is 13.9. The average Bonchev–Trinajstić information content (AvgIpc) is 3.12. The Balaban J connectivity index is 1.85. The Morgan fingerprint density at radius 1 is 1.38 bits per heavy atom. The van der Waals surface area contributed by atoms with E-state index < -0.39 is 0 Å². The highest BCUT2D eigenvalue weighted by atomic mass is 32.1. The lowest BCUT2D eigenvalue weighted by Gasteiger charge is -2.13. The van der Waals surface area contributed by atoms with E-state index >= 15 is 0 Å². The molecular formula is C19H23N7O2S. The maximum Gasteiger partial charge on any atom is 0.222 e. The molecule has 0 bridgehead atoms. The quantitative estimate of drug-likeness (QED) is 0.382. The fourth-order valence-electron chi connectivity index (χ4n) is 2.74. The highest BCUT2D eigenvalue weighted by Crippen LogP contribution is 2.34. The number of nitrogen functional groups attached to an aromatic ring is 1. The molecule has 10 heteroatoms. The number of nitrogens with two attached hydrogens (primary N) is 1. The number of amides is 1. The number of hydrogen-bond acceptors (Lipinski definition) is 9. The van der Waals surface area contributed by atoms with Gasteiger partial charge in [0.2, 0.25) is 5.91 Å². The molecule has 1 amide bonds. The Kier molecular flexibility index (Phi) is 6.23. The van der Waals surface area contributed by atoms with Gasteiger partial charge < -0.3 is 26.1 Å². The van der Waals surface area contributed by atoms with Crippen LogP contribution in [0.5, 0.6) is 5.75 Å². The molecule has 9 nitrogen and oxygen atoms in total. The van der Waals surface area contributed by atoms with E-state index in [9.17, 15) is 4.79 Å². The van der Waals surface area contributed by atoms with Crippen molar-refractivity contribution in [2.75, 3.05) is 32.3 Å². The van der Waals surface area contributed by atoms with Crippen molar-refractivity contribution in [2.24, 2.45) is 0 Å². The van der Waals surface area contributed by atoms with Crippen LogP contribution in [0.1, 0.15) is 23.4 Å². The van der Waals surface area contributed by atoms with Crippen molar-refractivity contribution in [3.63, 3.8) is 0 Å². The molecule has 0 aliphatic rings. The number of carbonyl (C=O) groups excluding carboxylic acids is 1. The minimum absolute atomic E-state index is 0.103. The number of methoxy groups -OCH3 is 1. The number of fused-ring (bicyclic) bond motifs is 1. The van der Waals surface area contributed by atoms with E-state index in [0.29, 0.717) is 46.9 Å². The number of aromatic nitrogens is 3. The number of nitrogens with zero attached hydrogens (tertiary/aromatic N) is 4. The molecule has 29 heavy (non-hydrogen) atoms. The van der Waals surface area contributed by atoms with E-state index in [2.05, 4.69) is 20.3 Å². The zero-order valence-corrected chi connectivity index (χ0v) is 17.3. The van der Waals surface area contributed by atoms with Crippen LogP contribution in [0.2, 0.25) is 0 Å². The van der Waals surface area contributed by atoms with Gasteiger partial charge in [0, 0.05) is 44.0 Å². The first kappa shape index (κ1) is 20.5. The summed E-state index contributed by atoms with van der Waals surface area (Å²) in [6.45, 7) is 0. The highest BCUT2D eigenvalue weighted by molar-refractivity contribution is 7.18. The molecule has 3 rings (SSSR count). The van der Waals surface area contributed by atoms with Crippen LogP contribution in [0.4, 0.5) is 17.2 Å². The van der Waals surface area contributed by atoms with E-state index in [1.54, 1.807) is 38.2 Å². The largest absolute Gasteiger partial charge is 0.494 e. The van der Waals surface area contributed by atoms with E-state index in [1.165, 1.54) is 23.9 Å². The summed E-state index contributed by atoms with van der Waals surface area (Å²) >= 11 is 1.49. The van der Waals surface area contributed by atoms with Crippen LogP contribution in [0, 0.1) is 5.41 Å². The van der Waals surface area contributed by atoms with Gasteiger partial charge in [0.25, 0.3) is 0 Å². The van der Waals surface area contributed by atoms with Gasteiger partial charge in [-0.1, -0.05) is 11.3 Å². The smallest absolute Gasteiger partial charge is 0.222 e. The Morgan fingerprint density at radius 3 is 2.86 bits per heavy atom. The molecule has 0 saturated carbocycles. The van der Waals surface area contributed by atoms with Crippen LogP contribution in [0.15, 0.2) is 18.5 Å². The monoisotopic (exact) mass is 413 g/mol. The number of nitrogens with one attached hydrogen (secondary N) is 2. The summed E-state index contributed by atoms with van der Waals surface area (Å²) in [5.41, 5.74) is 8.24. The number of ether oxygens (including phenoxy) is 1. The zero-order chi connectivity index (χ0) is 21.0. The first-order valence-electron chi connectivity index (χ1n) is 8.98. The maximum absolute atomic E-state index is 11.7. The molecule has 0 fully saturated rings. The van der Waals surface area contributed by atoms with Gasteiger partial charge >= 0.3 is 0 Å². The molecule has 0 aliphatic heterocycles. The fourth-order valence-corrected chi connectivity index (χ4v) is 3.69. The lowest BCUT2D eigenvalue weighted by Crippen LogP contribution is -2.21. The van der Waals surface area contributed by atoms with Crippen molar-refractivity contribution in [2.45, 2.75) is 19.3 Å². The summed E-state index contributed by atoms with van der Waals surface area (Å²) in [4.78, 5) is 27.4. The molecule has 0 aliphatic carbocycles. The Bertz CT molecular complexity index is 1050. The summed E-state index contributed by atoms with van der Waals surface area (Å²) in [6, 6.07) is 3.39. The normalized spacial score (nSPS) is 10.7. The summed E-state index contributed by atoms with van der Waals surface area (Å²) < 4.78 is 5.40. The van der Waals surface area contributed by atoms with Gasteiger partial charge in [0.05, 0.1) is 17.8 Å². The van der Waals surface area contributed by atoms with E-state index in [0.717, 1.165) is 16.3 Å². The van der Waals surface area contributed by atoms with E-state index in [4.69, 9.17) is 15.9 Å². The van der Waals surface area contributed by atoms with Crippen LogP contribution >= 0.6 is 11.3 Å². The second kappa shape index (κ2) is 8.82. The number of benzene rings is 1. The van der Waals surface area contributed by atoms with Gasteiger partial charge in [0.15, 0.2) is 5.82 Å². The lowest BCUT2D eigenvalue weighted by atomic mass is 10.1. The summed E-state index contributed by atoms with van der Waals surface area (Å²) in [6.07, 6.45) is 4.56. The summed E-state index contributed by atoms with van der Waals surface area (Å²) in [5.74, 6) is 1.18. The number of rotatable bonds is 8. The average molecular weight is 414 g/mol. The minimum atomic E-state index is 0.103. The Hall–Kier alpha value is -3.27. The van der Waals surface area contributed by atoms with Gasteiger partial charge in [-0.3, -0.25) is 4.79 Å². The number of hydrogen-bond donors (Lipinski definition) is 3. The molecule has 0 atom stereocenters. The van der Waals surface area contributed by atoms with Crippen molar-refractivity contribution in [1.29, 1.82) is 5.41 Å². The molecular weight excluding hydrogens is 390 g/mol. The third-order valence-electron chi connectivity index (χ3n) is 4.33. The molecule has 152 valence electrons. The van der Waals surface area contributed by atoms with Crippen LogP contribution in [-0.4, -0.2) is 53.2 Å². The topological polar surface area (TPSA) is 130 Å². The van der Waals surface area contributed by atoms with E-state index in [-0.39, 0.29) is 5.91 Å². The number of thiazole rings is 1. The summed E-state index contributed by atoms with van der Waals surface area (Å²) in [7, 11) is 5.06.